The number of benzene rings is 2. The summed E-state index contributed by atoms with van der Waals surface area (Å²) in [7, 11) is 0. The first-order chi connectivity index (χ1) is 10.6. The fraction of sp³-hybridized carbons (Fsp3) is 0.125. The number of ether oxygens (including phenoxy) is 1. The summed E-state index contributed by atoms with van der Waals surface area (Å²) < 4.78 is 5.91. The molecule has 0 unspecified atom stereocenters. The monoisotopic (exact) mass is 378 g/mol. The molecule has 0 aliphatic heterocycles. The van der Waals surface area contributed by atoms with E-state index in [0.29, 0.717) is 17.3 Å². The van der Waals surface area contributed by atoms with Gasteiger partial charge >= 0.3 is 5.97 Å². The standard InChI is InChI=1S/C16H15BrN2O2S/c1-2-21-15(20)11-6-8-13(9-7-11)18-16(22)19-14-5-3-4-12(17)10-14/h3-10H,2H2,1H3,(H2,18,19,22). The van der Waals surface area contributed by atoms with Gasteiger partial charge in [0.1, 0.15) is 0 Å². The Balaban J connectivity index is 1.95. The van der Waals surface area contributed by atoms with E-state index in [9.17, 15) is 4.79 Å². The Morgan fingerprint density at radius 3 is 2.45 bits per heavy atom. The molecule has 0 bridgehead atoms. The highest BCUT2D eigenvalue weighted by Crippen LogP contribution is 2.16. The number of anilines is 2. The molecule has 0 aromatic heterocycles. The third kappa shape index (κ3) is 4.82. The number of nitrogens with one attached hydrogen (secondary N) is 2. The molecule has 0 radical (unpaired) electrons. The van der Waals surface area contributed by atoms with Gasteiger partial charge < -0.3 is 15.4 Å². The predicted octanol–water partition coefficient (Wildman–Crippen LogP) is 4.43. The summed E-state index contributed by atoms with van der Waals surface area (Å²) in [5.41, 5.74) is 2.19. The second-order valence-corrected chi connectivity index (χ2v) is 5.71. The van der Waals surface area contributed by atoms with E-state index in [4.69, 9.17) is 17.0 Å². The van der Waals surface area contributed by atoms with Crippen LogP contribution in [0.2, 0.25) is 0 Å². The molecule has 2 N–H and O–H groups in total. The summed E-state index contributed by atoms with van der Waals surface area (Å²) in [6.45, 7) is 2.14. The molecular formula is C16H15BrN2O2S. The van der Waals surface area contributed by atoms with Crippen molar-refractivity contribution in [3.8, 4) is 0 Å². The molecule has 4 nitrogen and oxygen atoms in total. The molecule has 2 rings (SSSR count). The molecule has 2 aromatic carbocycles. The van der Waals surface area contributed by atoms with Crippen molar-refractivity contribution in [3.63, 3.8) is 0 Å². The maximum Gasteiger partial charge on any atom is 0.338 e. The Bertz CT molecular complexity index is 674. The average molecular weight is 379 g/mol. The zero-order chi connectivity index (χ0) is 15.9. The number of thiocarbonyl (C=S) groups is 1. The minimum Gasteiger partial charge on any atom is -0.462 e. The van der Waals surface area contributed by atoms with Crippen molar-refractivity contribution in [2.24, 2.45) is 0 Å². The maximum absolute atomic E-state index is 11.6. The van der Waals surface area contributed by atoms with Gasteiger partial charge in [-0.05, 0) is 61.6 Å². The summed E-state index contributed by atoms with van der Waals surface area (Å²) in [6.07, 6.45) is 0. The second kappa shape index (κ2) is 7.91. The van der Waals surface area contributed by atoms with Crippen molar-refractivity contribution in [1.82, 2.24) is 0 Å². The zero-order valence-electron chi connectivity index (χ0n) is 11.9. The molecule has 0 saturated carbocycles. The lowest BCUT2D eigenvalue weighted by atomic mass is 10.2. The number of hydrogen-bond donors (Lipinski definition) is 2. The highest BCUT2D eigenvalue weighted by Gasteiger charge is 2.06. The Morgan fingerprint density at radius 2 is 1.82 bits per heavy atom. The van der Waals surface area contributed by atoms with Crippen LogP contribution in [0.3, 0.4) is 0 Å². The summed E-state index contributed by atoms with van der Waals surface area (Å²) >= 11 is 8.66. The quantitative estimate of drug-likeness (QED) is 0.608. The van der Waals surface area contributed by atoms with Crippen molar-refractivity contribution in [3.05, 3.63) is 58.6 Å². The van der Waals surface area contributed by atoms with Crippen LogP contribution in [0.1, 0.15) is 17.3 Å². The fourth-order valence-corrected chi connectivity index (χ4v) is 2.40. The maximum atomic E-state index is 11.6. The van der Waals surface area contributed by atoms with Crippen LogP contribution in [-0.4, -0.2) is 17.7 Å². The fourth-order valence-electron chi connectivity index (χ4n) is 1.76. The molecule has 22 heavy (non-hydrogen) atoms. The molecule has 114 valence electrons. The zero-order valence-corrected chi connectivity index (χ0v) is 14.3. The van der Waals surface area contributed by atoms with Gasteiger partial charge in [-0.3, -0.25) is 0 Å². The van der Waals surface area contributed by atoms with E-state index < -0.39 is 0 Å². The van der Waals surface area contributed by atoms with Gasteiger partial charge in [0.05, 0.1) is 12.2 Å². The Hall–Kier alpha value is -1.92. The molecule has 0 fully saturated rings. The van der Waals surface area contributed by atoms with Crippen molar-refractivity contribution in [2.45, 2.75) is 6.92 Å². The molecule has 0 heterocycles. The molecule has 0 spiro atoms. The van der Waals surface area contributed by atoms with Crippen molar-refractivity contribution >= 4 is 50.6 Å². The van der Waals surface area contributed by atoms with Crippen molar-refractivity contribution in [2.75, 3.05) is 17.2 Å². The van der Waals surface area contributed by atoms with E-state index in [0.717, 1.165) is 15.8 Å². The molecule has 6 heteroatoms. The SMILES string of the molecule is CCOC(=O)c1ccc(NC(=S)Nc2cccc(Br)c2)cc1. The minimum atomic E-state index is -0.330. The largest absolute Gasteiger partial charge is 0.462 e. The number of rotatable bonds is 4. The molecular weight excluding hydrogens is 364 g/mol. The topological polar surface area (TPSA) is 50.4 Å². The van der Waals surface area contributed by atoms with Gasteiger partial charge in [0.2, 0.25) is 0 Å². The third-order valence-corrected chi connectivity index (χ3v) is 3.43. The van der Waals surface area contributed by atoms with Gasteiger partial charge in [-0.15, -0.1) is 0 Å². The van der Waals surface area contributed by atoms with Gasteiger partial charge in [-0.2, -0.15) is 0 Å². The highest BCUT2D eigenvalue weighted by molar-refractivity contribution is 9.10. The number of carbonyl (C=O) groups excluding carboxylic acids is 1. The summed E-state index contributed by atoms with van der Waals surface area (Å²) in [5.74, 6) is -0.330. The van der Waals surface area contributed by atoms with Crippen LogP contribution in [0.5, 0.6) is 0 Å². The van der Waals surface area contributed by atoms with Crippen LogP contribution in [0.15, 0.2) is 53.0 Å². The molecule has 0 aliphatic carbocycles. The third-order valence-electron chi connectivity index (χ3n) is 2.74. The Kier molecular flexibility index (Phi) is 5.91. The predicted molar refractivity (Wildman–Crippen MR) is 96.4 cm³/mol. The summed E-state index contributed by atoms with van der Waals surface area (Å²) in [5, 5.41) is 6.62. The number of halogens is 1. The molecule has 2 aromatic rings. The first kappa shape index (κ1) is 16.5. The molecule has 0 aliphatic rings. The van der Waals surface area contributed by atoms with E-state index in [2.05, 4.69) is 26.6 Å². The average Bonchev–Trinajstić information content (AvgIpc) is 2.48. The van der Waals surface area contributed by atoms with Gasteiger partial charge in [0.15, 0.2) is 5.11 Å². The van der Waals surface area contributed by atoms with Gasteiger partial charge in [0.25, 0.3) is 0 Å². The number of hydrogen-bond acceptors (Lipinski definition) is 3. The van der Waals surface area contributed by atoms with E-state index in [-0.39, 0.29) is 5.97 Å². The lowest BCUT2D eigenvalue weighted by molar-refractivity contribution is 0.0526. The lowest BCUT2D eigenvalue weighted by Crippen LogP contribution is -2.19. The van der Waals surface area contributed by atoms with Crippen LogP contribution >= 0.6 is 28.1 Å². The van der Waals surface area contributed by atoms with Gasteiger partial charge in [-0.1, -0.05) is 22.0 Å². The molecule has 0 atom stereocenters. The highest BCUT2D eigenvalue weighted by atomic mass is 79.9. The van der Waals surface area contributed by atoms with E-state index in [1.807, 2.05) is 24.3 Å². The van der Waals surface area contributed by atoms with Crippen LogP contribution in [0, 0.1) is 0 Å². The van der Waals surface area contributed by atoms with Gasteiger partial charge in [0, 0.05) is 15.8 Å². The molecule has 0 amide bonds. The van der Waals surface area contributed by atoms with E-state index >= 15 is 0 Å². The number of carbonyl (C=O) groups is 1. The summed E-state index contributed by atoms with van der Waals surface area (Å²) in [6, 6.07) is 14.7. The van der Waals surface area contributed by atoms with Crippen LogP contribution < -0.4 is 10.6 Å². The Labute approximate surface area is 143 Å². The van der Waals surface area contributed by atoms with Crippen LogP contribution in [0.25, 0.3) is 0 Å². The smallest absolute Gasteiger partial charge is 0.338 e. The normalized spacial score (nSPS) is 9.91. The summed E-state index contributed by atoms with van der Waals surface area (Å²) in [4.78, 5) is 11.6. The van der Waals surface area contributed by atoms with E-state index in [1.165, 1.54) is 0 Å². The van der Waals surface area contributed by atoms with Gasteiger partial charge in [-0.25, -0.2) is 4.79 Å². The van der Waals surface area contributed by atoms with Crippen molar-refractivity contribution in [1.29, 1.82) is 0 Å². The van der Waals surface area contributed by atoms with Crippen LogP contribution in [0.4, 0.5) is 11.4 Å². The number of esters is 1. The second-order valence-electron chi connectivity index (χ2n) is 4.39. The first-order valence-corrected chi connectivity index (χ1v) is 7.89. The Morgan fingerprint density at radius 1 is 1.14 bits per heavy atom. The van der Waals surface area contributed by atoms with Crippen molar-refractivity contribution < 1.29 is 9.53 Å². The molecule has 0 saturated heterocycles. The van der Waals surface area contributed by atoms with Crippen LogP contribution in [-0.2, 0) is 4.74 Å². The minimum absolute atomic E-state index is 0.330. The first-order valence-electron chi connectivity index (χ1n) is 6.69. The lowest BCUT2D eigenvalue weighted by Gasteiger charge is -2.11. The van der Waals surface area contributed by atoms with E-state index in [1.54, 1.807) is 31.2 Å².